The topological polar surface area (TPSA) is 74.2 Å². The summed E-state index contributed by atoms with van der Waals surface area (Å²) in [6, 6.07) is 8.01. The van der Waals surface area contributed by atoms with Crippen molar-refractivity contribution in [3.05, 3.63) is 35.7 Å². The fourth-order valence-electron chi connectivity index (χ4n) is 2.29. The summed E-state index contributed by atoms with van der Waals surface area (Å²) in [5, 5.41) is 4.06. The van der Waals surface area contributed by atoms with Crippen molar-refractivity contribution < 1.29 is 9.26 Å². The average Bonchev–Trinajstić information content (AvgIpc) is 2.88. The molecule has 0 aliphatic rings. The fraction of sp³-hybridized carbons (Fsp3) is 0.500. The van der Waals surface area contributed by atoms with Crippen LogP contribution < -0.4 is 5.73 Å². The molecule has 0 fully saturated rings. The lowest BCUT2D eigenvalue weighted by atomic mass is 9.88. The highest BCUT2D eigenvalue weighted by Gasteiger charge is 2.30. The molecule has 2 N–H and O–H groups in total. The fourth-order valence-corrected chi connectivity index (χ4v) is 2.29. The first-order valence-electron chi connectivity index (χ1n) is 7.11. The van der Waals surface area contributed by atoms with E-state index in [2.05, 4.69) is 30.9 Å². The molecule has 1 heterocycles. The molecule has 2 rings (SSSR count). The Labute approximate surface area is 125 Å². The lowest BCUT2D eigenvalue weighted by Gasteiger charge is -2.26. The third-order valence-electron chi connectivity index (χ3n) is 3.33. The number of hydrogen-bond donors (Lipinski definition) is 1. The van der Waals surface area contributed by atoms with Gasteiger partial charge in [0.15, 0.2) is 0 Å². The Bertz CT molecular complexity index is 570. The van der Waals surface area contributed by atoms with E-state index in [-0.39, 0.29) is 11.5 Å². The molecule has 0 saturated carbocycles. The van der Waals surface area contributed by atoms with Crippen molar-refractivity contribution in [2.45, 2.75) is 33.3 Å². The van der Waals surface area contributed by atoms with Crippen molar-refractivity contribution in [3.63, 3.8) is 0 Å². The van der Waals surface area contributed by atoms with Crippen LogP contribution in [0.4, 0.5) is 0 Å². The lowest BCUT2D eigenvalue weighted by Crippen LogP contribution is -2.21. The standard InChI is InChI=1S/C16H23N3O2/c1-16(2,3)13(20-4)14-18-15(21-19-14)12-7-5-11(6-8-12)9-10-17/h5-8,13H,9-10,17H2,1-4H3. The summed E-state index contributed by atoms with van der Waals surface area (Å²) in [7, 11) is 1.66. The maximum Gasteiger partial charge on any atom is 0.258 e. The van der Waals surface area contributed by atoms with Gasteiger partial charge in [-0.15, -0.1) is 0 Å². The molecule has 1 aromatic heterocycles. The summed E-state index contributed by atoms with van der Waals surface area (Å²) in [4.78, 5) is 4.47. The molecule has 0 radical (unpaired) electrons. The lowest BCUT2D eigenvalue weighted by molar-refractivity contribution is 0.00718. The first kappa shape index (κ1) is 15.7. The van der Waals surface area contributed by atoms with Crippen LogP contribution in [0, 0.1) is 5.41 Å². The highest BCUT2D eigenvalue weighted by Crippen LogP contribution is 2.34. The van der Waals surface area contributed by atoms with Gasteiger partial charge in [0.2, 0.25) is 5.82 Å². The van der Waals surface area contributed by atoms with E-state index in [1.54, 1.807) is 7.11 Å². The molecule has 21 heavy (non-hydrogen) atoms. The monoisotopic (exact) mass is 289 g/mol. The summed E-state index contributed by atoms with van der Waals surface area (Å²) in [5.41, 5.74) is 7.55. The molecule has 0 saturated heterocycles. The Hall–Kier alpha value is -1.72. The van der Waals surface area contributed by atoms with Gasteiger partial charge in [-0.3, -0.25) is 0 Å². The highest BCUT2D eigenvalue weighted by atomic mass is 16.5. The van der Waals surface area contributed by atoms with E-state index >= 15 is 0 Å². The number of benzene rings is 1. The van der Waals surface area contributed by atoms with Gasteiger partial charge in [0.05, 0.1) is 0 Å². The quantitative estimate of drug-likeness (QED) is 0.916. The number of aromatic nitrogens is 2. The van der Waals surface area contributed by atoms with Gasteiger partial charge in [-0.1, -0.05) is 38.1 Å². The van der Waals surface area contributed by atoms with Gasteiger partial charge in [-0.25, -0.2) is 0 Å². The summed E-state index contributed by atoms with van der Waals surface area (Å²) >= 11 is 0. The summed E-state index contributed by atoms with van der Waals surface area (Å²) in [5.74, 6) is 1.08. The summed E-state index contributed by atoms with van der Waals surface area (Å²) in [6.45, 7) is 6.89. The van der Waals surface area contributed by atoms with E-state index in [9.17, 15) is 0 Å². The molecule has 0 bridgehead atoms. The number of methoxy groups -OCH3 is 1. The van der Waals surface area contributed by atoms with Crippen molar-refractivity contribution in [2.75, 3.05) is 13.7 Å². The molecule has 0 spiro atoms. The van der Waals surface area contributed by atoms with Gasteiger partial charge in [0.1, 0.15) is 6.10 Å². The Balaban J connectivity index is 2.23. The van der Waals surface area contributed by atoms with Gasteiger partial charge < -0.3 is 15.0 Å². The first-order valence-corrected chi connectivity index (χ1v) is 7.11. The summed E-state index contributed by atoms with van der Waals surface area (Å²) < 4.78 is 10.9. The van der Waals surface area contributed by atoms with Crippen LogP contribution in [0.25, 0.3) is 11.5 Å². The molecule has 0 aliphatic heterocycles. The Morgan fingerprint density at radius 2 is 1.90 bits per heavy atom. The number of hydrogen-bond acceptors (Lipinski definition) is 5. The molecule has 114 valence electrons. The Morgan fingerprint density at radius 3 is 2.43 bits per heavy atom. The second kappa shape index (κ2) is 6.37. The zero-order valence-electron chi connectivity index (χ0n) is 13.1. The molecule has 1 aromatic carbocycles. The van der Waals surface area contributed by atoms with E-state index in [0.717, 1.165) is 12.0 Å². The van der Waals surface area contributed by atoms with E-state index in [4.69, 9.17) is 15.0 Å². The summed E-state index contributed by atoms with van der Waals surface area (Å²) in [6.07, 6.45) is 0.664. The van der Waals surface area contributed by atoms with Crippen LogP contribution in [0.3, 0.4) is 0 Å². The van der Waals surface area contributed by atoms with Gasteiger partial charge in [-0.05, 0) is 36.1 Å². The predicted octanol–water partition coefficient (Wildman–Crippen LogP) is 2.97. The van der Waals surface area contributed by atoms with Gasteiger partial charge >= 0.3 is 0 Å². The van der Waals surface area contributed by atoms with Gasteiger partial charge in [-0.2, -0.15) is 4.98 Å². The molecule has 1 unspecified atom stereocenters. The van der Waals surface area contributed by atoms with Crippen LogP contribution in [-0.4, -0.2) is 23.8 Å². The van der Waals surface area contributed by atoms with Crippen molar-refractivity contribution in [1.29, 1.82) is 0 Å². The zero-order chi connectivity index (χ0) is 15.5. The maximum absolute atomic E-state index is 5.55. The van der Waals surface area contributed by atoms with Crippen LogP contribution in [-0.2, 0) is 11.2 Å². The smallest absolute Gasteiger partial charge is 0.258 e. The number of nitrogens with two attached hydrogens (primary N) is 1. The second-order valence-corrected chi connectivity index (χ2v) is 6.18. The van der Waals surface area contributed by atoms with E-state index in [1.165, 1.54) is 5.56 Å². The molecule has 5 heteroatoms. The SMILES string of the molecule is COC(c1noc(-c2ccc(CCN)cc2)n1)C(C)(C)C. The molecule has 0 aliphatic carbocycles. The van der Waals surface area contributed by atoms with Gasteiger partial charge in [0, 0.05) is 12.7 Å². The van der Waals surface area contributed by atoms with Gasteiger partial charge in [0.25, 0.3) is 5.89 Å². The number of nitrogens with zero attached hydrogens (tertiary/aromatic N) is 2. The zero-order valence-corrected chi connectivity index (χ0v) is 13.1. The first-order chi connectivity index (χ1) is 9.95. The van der Waals surface area contributed by atoms with Crippen LogP contribution in [0.1, 0.15) is 38.3 Å². The van der Waals surface area contributed by atoms with Crippen LogP contribution in [0.15, 0.2) is 28.8 Å². The molecular formula is C16H23N3O2. The molecule has 5 nitrogen and oxygen atoms in total. The van der Waals surface area contributed by atoms with Crippen LogP contribution in [0.2, 0.25) is 0 Å². The molecule has 2 aromatic rings. The van der Waals surface area contributed by atoms with Crippen molar-refractivity contribution in [1.82, 2.24) is 10.1 Å². The molecular weight excluding hydrogens is 266 g/mol. The minimum Gasteiger partial charge on any atom is -0.373 e. The molecule has 1 atom stereocenters. The van der Waals surface area contributed by atoms with Crippen molar-refractivity contribution in [3.8, 4) is 11.5 Å². The number of rotatable bonds is 5. The highest BCUT2D eigenvalue weighted by molar-refractivity contribution is 5.53. The van der Waals surface area contributed by atoms with Crippen LogP contribution >= 0.6 is 0 Å². The van der Waals surface area contributed by atoms with Crippen LogP contribution in [0.5, 0.6) is 0 Å². The van der Waals surface area contributed by atoms with E-state index in [0.29, 0.717) is 18.3 Å². The Morgan fingerprint density at radius 1 is 1.24 bits per heavy atom. The van der Waals surface area contributed by atoms with E-state index < -0.39 is 0 Å². The maximum atomic E-state index is 5.55. The van der Waals surface area contributed by atoms with Crippen molar-refractivity contribution >= 4 is 0 Å². The largest absolute Gasteiger partial charge is 0.373 e. The average molecular weight is 289 g/mol. The second-order valence-electron chi connectivity index (χ2n) is 6.18. The minimum absolute atomic E-state index is 0.0964. The minimum atomic E-state index is -0.202. The third-order valence-corrected chi connectivity index (χ3v) is 3.33. The number of ether oxygens (including phenoxy) is 1. The normalized spacial score (nSPS) is 13.4. The van der Waals surface area contributed by atoms with E-state index in [1.807, 2.05) is 24.3 Å². The third kappa shape index (κ3) is 3.68. The Kier molecular flexibility index (Phi) is 4.75. The molecule has 0 amide bonds. The van der Waals surface area contributed by atoms with Crippen molar-refractivity contribution in [2.24, 2.45) is 11.1 Å². The predicted molar refractivity (Wildman–Crippen MR) is 81.7 cm³/mol.